The average molecular weight is 920 g/mol. The lowest BCUT2D eigenvalue weighted by atomic mass is 9.98. The van der Waals surface area contributed by atoms with Crippen molar-refractivity contribution < 1.29 is 49.6 Å². The summed E-state index contributed by atoms with van der Waals surface area (Å²) in [5.74, 6) is 0. The molecule has 0 bridgehead atoms. The van der Waals surface area contributed by atoms with E-state index in [9.17, 15) is 0 Å². The molecular formula is C36H86O11Si8. The van der Waals surface area contributed by atoms with Crippen LogP contribution >= 0.6 is 0 Å². The maximum absolute atomic E-state index is 7.26. The summed E-state index contributed by atoms with van der Waals surface area (Å²) in [6.45, 7) is 53.6. The summed E-state index contributed by atoms with van der Waals surface area (Å²) < 4.78 is 77.3. The normalized spacial score (nSPS) is 31.2. The molecule has 2 saturated heterocycles. The van der Waals surface area contributed by atoms with Crippen molar-refractivity contribution in [2.24, 2.45) is 0 Å². The van der Waals surface area contributed by atoms with Crippen molar-refractivity contribution in [3.05, 3.63) is 0 Å². The lowest BCUT2D eigenvalue weighted by molar-refractivity contribution is -0.368. The molecule has 2 rings (SSSR count). The van der Waals surface area contributed by atoms with E-state index < -0.39 is 128 Å². The highest BCUT2D eigenvalue weighted by atomic mass is 28.4. The van der Waals surface area contributed by atoms with E-state index in [4.69, 9.17) is 49.6 Å². The van der Waals surface area contributed by atoms with Crippen LogP contribution in [-0.4, -0.2) is 141 Å². The SMILES string of the molecule is C[Si](C)(C)OC[C@H]1O[C@H](O[C@H]2O[C@H](CO[Si](C)(C)C)[C@@H](O[Si](C)(C)C)[C@H](O[Si](C)(C)C)[C@H]2O[Si](C)(C)C)[C@H](O[Si](C)(C)C)[C@@H](O[Si](C)(C)C)[C@@H]1O[Si](C)(C)C. The zero-order chi connectivity index (χ0) is 43.0. The number of hydrogen-bond donors (Lipinski definition) is 0. The molecule has 2 heterocycles. The first-order valence-electron chi connectivity index (χ1n) is 20.5. The van der Waals surface area contributed by atoms with Crippen LogP contribution in [0.15, 0.2) is 0 Å². The maximum Gasteiger partial charge on any atom is 0.188 e. The summed E-state index contributed by atoms with van der Waals surface area (Å²) >= 11 is 0. The maximum atomic E-state index is 7.26. The van der Waals surface area contributed by atoms with E-state index >= 15 is 0 Å². The van der Waals surface area contributed by atoms with Gasteiger partial charge >= 0.3 is 0 Å². The number of hydrogen-bond acceptors (Lipinski definition) is 11. The zero-order valence-corrected chi connectivity index (χ0v) is 47.7. The van der Waals surface area contributed by atoms with Gasteiger partial charge in [-0.15, -0.1) is 0 Å². The van der Waals surface area contributed by atoms with E-state index in [-0.39, 0.29) is 0 Å². The highest BCUT2D eigenvalue weighted by Gasteiger charge is 2.57. The zero-order valence-electron chi connectivity index (χ0n) is 39.7. The van der Waals surface area contributed by atoms with Crippen LogP contribution in [0.5, 0.6) is 0 Å². The first-order valence-corrected chi connectivity index (χ1v) is 47.8. The Morgan fingerprint density at radius 2 is 0.509 bits per heavy atom. The van der Waals surface area contributed by atoms with Gasteiger partial charge in [0, 0.05) is 0 Å². The van der Waals surface area contributed by atoms with Crippen molar-refractivity contribution in [2.45, 2.75) is 219 Å². The summed E-state index contributed by atoms with van der Waals surface area (Å²) in [5.41, 5.74) is 0. The van der Waals surface area contributed by atoms with Gasteiger partial charge in [0.05, 0.1) is 13.2 Å². The third-order valence-corrected chi connectivity index (χ3v) is 15.7. The van der Waals surface area contributed by atoms with Gasteiger partial charge in [0.25, 0.3) is 0 Å². The molecule has 0 aromatic carbocycles. The lowest BCUT2D eigenvalue weighted by Crippen LogP contribution is -2.69. The molecule has 0 aromatic rings. The Bertz CT molecular complexity index is 1090. The number of ether oxygens (including phenoxy) is 3. The molecule has 2 aliphatic heterocycles. The Kier molecular flexibility index (Phi) is 18.2. The van der Waals surface area contributed by atoms with Crippen LogP contribution < -0.4 is 0 Å². The Hall–Kier alpha value is 1.30. The van der Waals surface area contributed by atoms with Gasteiger partial charge < -0.3 is 49.6 Å². The van der Waals surface area contributed by atoms with Gasteiger partial charge in [0.1, 0.15) is 48.8 Å². The second-order valence-corrected chi connectivity index (χ2v) is 59.0. The van der Waals surface area contributed by atoms with E-state index in [0.717, 1.165) is 0 Å². The van der Waals surface area contributed by atoms with Crippen molar-refractivity contribution in [1.82, 2.24) is 0 Å². The standard InChI is InChI=1S/C36H86O11Si8/c1-48(2,3)37-25-27-29(42-50(7,8)9)31(44-52(13,14)15)33(46-54(19,20)21)35(39-27)41-36-34(47-55(22,23)24)32(45-53(16,17)18)30(43-51(10,11)12)28(40-36)26-38-49(4,5)6/h27-36H,25-26H2,1-24H3/t27-,28-,29-,30-,31+,32+,33-,34-,35-,36-/m1/s1. The van der Waals surface area contributed by atoms with Gasteiger partial charge in [0.15, 0.2) is 79.1 Å². The summed E-state index contributed by atoms with van der Waals surface area (Å²) in [6.07, 6.45) is -5.59. The van der Waals surface area contributed by atoms with Gasteiger partial charge in [-0.3, -0.25) is 0 Å². The molecule has 10 atom stereocenters. The Labute approximate surface area is 346 Å². The minimum absolute atomic E-state index is 0.358. The van der Waals surface area contributed by atoms with Crippen LogP contribution in [0, 0.1) is 0 Å². The number of rotatable bonds is 20. The monoisotopic (exact) mass is 918 g/mol. The second-order valence-electron chi connectivity index (χ2n) is 23.2. The predicted molar refractivity (Wildman–Crippen MR) is 246 cm³/mol. The lowest BCUT2D eigenvalue weighted by Gasteiger charge is -2.54. The molecule has 55 heavy (non-hydrogen) atoms. The second kappa shape index (κ2) is 19.1. The molecule has 0 N–H and O–H groups in total. The smallest absolute Gasteiger partial charge is 0.188 e. The fourth-order valence-electron chi connectivity index (χ4n) is 6.29. The van der Waals surface area contributed by atoms with Crippen LogP contribution in [0.2, 0.25) is 157 Å². The van der Waals surface area contributed by atoms with E-state index in [1.807, 2.05) is 0 Å². The van der Waals surface area contributed by atoms with Crippen molar-refractivity contribution >= 4 is 66.5 Å². The Morgan fingerprint density at radius 3 is 0.727 bits per heavy atom. The average Bonchev–Trinajstić information content (AvgIpc) is 2.88. The molecule has 0 amide bonds. The largest absolute Gasteiger partial charge is 0.415 e. The molecule has 19 heteroatoms. The van der Waals surface area contributed by atoms with Crippen LogP contribution in [0.25, 0.3) is 0 Å². The summed E-state index contributed by atoms with van der Waals surface area (Å²) in [7, 11) is -16.9. The summed E-state index contributed by atoms with van der Waals surface area (Å²) in [6, 6.07) is 0. The van der Waals surface area contributed by atoms with Crippen LogP contribution in [-0.2, 0) is 49.6 Å². The van der Waals surface area contributed by atoms with Gasteiger partial charge in [-0.25, -0.2) is 0 Å². The van der Waals surface area contributed by atoms with Crippen LogP contribution in [0.3, 0.4) is 0 Å². The topological polar surface area (TPSA) is 102 Å². The van der Waals surface area contributed by atoms with Crippen molar-refractivity contribution in [2.75, 3.05) is 13.2 Å². The highest BCUT2D eigenvalue weighted by molar-refractivity contribution is 6.72. The quantitative estimate of drug-likeness (QED) is 0.109. The van der Waals surface area contributed by atoms with Gasteiger partial charge in [-0.2, -0.15) is 0 Å². The molecule has 0 aliphatic carbocycles. The van der Waals surface area contributed by atoms with Crippen molar-refractivity contribution in [3.63, 3.8) is 0 Å². The van der Waals surface area contributed by atoms with E-state index in [1.165, 1.54) is 0 Å². The molecule has 328 valence electrons. The summed E-state index contributed by atoms with van der Waals surface area (Å²) in [4.78, 5) is 0. The summed E-state index contributed by atoms with van der Waals surface area (Å²) in [5, 5.41) is 0. The molecule has 11 nitrogen and oxygen atoms in total. The van der Waals surface area contributed by atoms with Crippen molar-refractivity contribution in [3.8, 4) is 0 Å². The molecule has 0 aromatic heterocycles. The first-order chi connectivity index (χ1) is 24.2. The third kappa shape index (κ3) is 20.6. The fourth-order valence-corrected chi connectivity index (χ4v) is 14.1. The van der Waals surface area contributed by atoms with E-state index in [2.05, 4.69) is 157 Å². The van der Waals surface area contributed by atoms with Crippen LogP contribution in [0.4, 0.5) is 0 Å². The van der Waals surface area contributed by atoms with Gasteiger partial charge in [-0.05, 0) is 157 Å². The molecular weight excluding hydrogens is 833 g/mol. The fraction of sp³-hybridized carbons (Fsp3) is 1.00. The Balaban J connectivity index is 2.88. The van der Waals surface area contributed by atoms with E-state index in [0.29, 0.717) is 13.2 Å². The molecule has 2 aliphatic rings. The molecule has 0 unspecified atom stereocenters. The Morgan fingerprint density at radius 1 is 0.291 bits per heavy atom. The predicted octanol–water partition coefficient (Wildman–Crippen LogP) is 9.48. The van der Waals surface area contributed by atoms with Crippen LogP contribution in [0.1, 0.15) is 0 Å². The minimum atomic E-state index is -2.22. The van der Waals surface area contributed by atoms with E-state index in [1.54, 1.807) is 0 Å². The van der Waals surface area contributed by atoms with Crippen molar-refractivity contribution in [1.29, 1.82) is 0 Å². The van der Waals surface area contributed by atoms with Gasteiger partial charge in [0.2, 0.25) is 0 Å². The third-order valence-electron chi connectivity index (χ3n) is 7.75. The van der Waals surface area contributed by atoms with Gasteiger partial charge in [-0.1, -0.05) is 0 Å². The molecule has 2 fully saturated rings. The highest BCUT2D eigenvalue weighted by Crippen LogP contribution is 2.39. The molecule has 0 saturated carbocycles. The molecule has 0 spiro atoms. The minimum Gasteiger partial charge on any atom is -0.415 e. The first kappa shape index (κ1) is 52.4. The molecule has 0 radical (unpaired) electrons.